The third kappa shape index (κ3) is 4.03. The first-order chi connectivity index (χ1) is 8.26. The molecule has 18 heavy (non-hydrogen) atoms. The van der Waals surface area contributed by atoms with E-state index in [4.69, 9.17) is 5.11 Å². The van der Waals surface area contributed by atoms with Crippen molar-refractivity contribution in [3.05, 3.63) is 16.5 Å². The van der Waals surface area contributed by atoms with Gasteiger partial charge in [-0.05, 0) is 39.6 Å². The van der Waals surface area contributed by atoms with Crippen LogP contribution >= 0.6 is 11.3 Å². The Morgan fingerprint density at radius 2 is 2.11 bits per heavy atom. The third-order valence-electron chi connectivity index (χ3n) is 2.40. The molecule has 5 nitrogen and oxygen atoms in total. The summed E-state index contributed by atoms with van der Waals surface area (Å²) < 4.78 is 27.1. The Kier molecular flexibility index (Phi) is 5.30. The van der Waals surface area contributed by atoms with Gasteiger partial charge < -0.3 is 10.0 Å². The molecule has 0 radical (unpaired) electrons. The number of hydrogen-bond donors (Lipinski definition) is 2. The maximum absolute atomic E-state index is 12.1. The summed E-state index contributed by atoms with van der Waals surface area (Å²) in [5, 5.41) is 9.09. The van der Waals surface area contributed by atoms with Gasteiger partial charge in [0.15, 0.2) is 0 Å². The van der Waals surface area contributed by atoms with Crippen LogP contribution in [0.25, 0.3) is 0 Å². The van der Waals surface area contributed by atoms with Crippen LogP contribution in [0.4, 0.5) is 0 Å². The molecule has 1 aromatic heterocycles. The smallest absolute Gasteiger partial charge is 0.250 e. The van der Waals surface area contributed by atoms with Crippen LogP contribution in [0.2, 0.25) is 0 Å². The molecule has 0 amide bonds. The van der Waals surface area contributed by atoms with Crippen LogP contribution in [0.1, 0.15) is 17.4 Å². The molecule has 0 saturated carbocycles. The highest BCUT2D eigenvalue weighted by atomic mass is 32.2. The van der Waals surface area contributed by atoms with Crippen molar-refractivity contribution >= 4 is 21.4 Å². The average molecular weight is 292 g/mol. The van der Waals surface area contributed by atoms with E-state index in [1.54, 1.807) is 13.0 Å². The molecular formula is C11H20N2O3S2. The van der Waals surface area contributed by atoms with E-state index in [1.165, 1.54) is 0 Å². The van der Waals surface area contributed by atoms with Gasteiger partial charge >= 0.3 is 0 Å². The Bertz CT molecular complexity index is 494. The van der Waals surface area contributed by atoms with Crippen molar-refractivity contribution in [1.82, 2.24) is 9.62 Å². The maximum Gasteiger partial charge on any atom is 0.250 e. The second-order valence-corrected chi connectivity index (χ2v) is 7.69. The Balaban J connectivity index is 2.86. The van der Waals surface area contributed by atoms with Gasteiger partial charge in [-0.3, -0.25) is 0 Å². The molecule has 1 atom stereocenters. The van der Waals surface area contributed by atoms with E-state index in [0.717, 1.165) is 16.9 Å². The molecule has 1 aromatic rings. The van der Waals surface area contributed by atoms with E-state index < -0.39 is 10.0 Å². The van der Waals surface area contributed by atoms with Crippen LogP contribution in [0.15, 0.2) is 10.3 Å². The molecular weight excluding hydrogens is 272 g/mol. The minimum atomic E-state index is -3.49. The van der Waals surface area contributed by atoms with Crippen LogP contribution in [0.5, 0.6) is 0 Å². The van der Waals surface area contributed by atoms with Gasteiger partial charge in [0.1, 0.15) is 4.21 Å². The summed E-state index contributed by atoms with van der Waals surface area (Å²) in [5.41, 5.74) is 0.808. The molecule has 0 spiro atoms. The molecule has 1 unspecified atom stereocenters. The summed E-state index contributed by atoms with van der Waals surface area (Å²) in [4.78, 5) is 2.61. The fourth-order valence-corrected chi connectivity index (χ4v) is 4.39. The van der Waals surface area contributed by atoms with Crippen molar-refractivity contribution in [2.45, 2.75) is 30.7 Å². The van der Waals surface area contributed by atoms with Crippen molar-refractivity contribution in [3.8, 4) is 0 Å². The number of sulfonamides is 1. The molecule has 0 saturated heterocycles. The van der Waals surface area contributed by atoms with Gasteiger partial charge in [0, 0.05) is 17.5 Å². The van der Waals surface area contributed by atoms with Gasteiger partial charge in [0.05, 0.1) is 6.61 Å². The zero-order valence-corrected chi connectivity index (χ0v) is 12.7. The minimum Gasteiger partial charge on any atom is -0.391 e. The first-order valence-electron chi connectivity index (χ1n) is 5.63. The number of aliphatic hydroxyl groups excluding tert-OH is 1. The first kappa shape index (κ1) is 15.6. The molecule has 2 N–H and O–H groups in total. The normalized spacial score (nSPS) is 14.1. The summed E-state index contributed by atoms with van der Waals surface area (Å²) in [5.74, 6) is 0. The lowest BCUT2D eigenvalue weighted by molar-refractivity contribution is 0.285. The summed E-state index contributed by atoms with van der Waals surface area (Å²) in [6.45, 7) is 4.13. The lowest BCUT2D eigenvalue weighted by atomic mass is 10.3. The van der Waals surface area contributed by atoms with Crippen molar-refractivity contribution in [2.75, 3.05) is 20.6 Å². The second kappa shape index (κ2) is 6.12. The first-order valence-corrected chi connectivity index (χ1v) is 7.93. The van der Waals surface area contributed by atoms with E-state index in [0.29, 0.717) is 11.4 Å². The molecule has 104 valence electrons. The lowest BCUT2D eigenvalue weighted by Gasteiger charge is -2.17. The van der Waals surface area contributed by atoms with Crippen LogP contribution in [0, 0.1) is 6.92 Å². The standard InChI is InChI=1S/C11H20N2O3S2/c1-8-5-11(17-10(8)7-14)18(15,16)12-9(2)6-13(3)4/h5,9,12,14H,6-7H2,1-4H3. The van der Waals surface area contributed by atoms with Crippen LogP contribution < -0.4 is 4.72 Å². The molecule has 1 heterocycles. The Morgan fingerprint density at radius 1 is 1.50 bits per heavy atom. The van der Waals surface area contributed by atoms with Gasteiger partial charge in [-0.2, -0.15) is 0 Å². The van der Waals surface area contributed by atoms with Crippen LogP contribution in [-0.2, 0) is 16.6 Å². The summed E-state index contributed by atoms with van der Waals surface area (Å²) >= 11 is 1.11. The monoisotopic (exact) mass is 292 g/mol. The average Bonchev–Trinajstić information content (AvgIpc) is 2.57. The van der Waals surface area contributed by atoms with Gasteiger partial charge in [-0.25, -0.2) is 13.1 Å². The van der Waals surface area contributed by atoms with Gasteiger partial charge in [0.2, 0.25) is 10.0 Å². The van der Waals surface area contributed by atoms with E-state index in [9.17, 15) is 8.42 Å². The zero-order valence-electron chi connectivity index (χ0n) is 11.1. The predicted octanol–water partition coefficient (Wildman–Crippen LogP) is 0.777. The largest absolute Gasteiger partial charge is 0.391 e. The van der Waals surface area contributed by atoms with Crippen molar-refractivity contribution in [3.63, 3.8) is 0 Å². The molecule has 0 aromatic carbocycles. The third-order valence-corrected chi connectivity index (χ3v) is 5.69. The Hall–Kier alpha value is -0.470. The van der Waals surface area contributed by atoms with Crippen molar-refractivity contribution < 1.29 is 13.5 Å². The number of nitrogens with one attached hydrogen (secondary N) is 1. The van der Waals surface area contributed by atoms with Crippen LogP contribution in [0.3, 0.4) is 0 Å². The lowest BCUT2D eigenvalue weighted by Crippen LogP contribution is -2.39. The Labute approximate surface area is 112 Å². The molecule has 0 aliphatic rings. The van der Waals surface area contributed by atoms with E-state index in [2.05, 4.69) is 4.72 Å². The molecule has 7 heteroatoms. The highest BCUT2D eigenvalue weighted by molar-refractivity contribution is 7.91. The van der Waals surface area contributed by atoms with Crippen molar-refractivity contribution in [2.24, 2.45) is 0 Å². The number of nitrogens with zero attached hydrogens (tertiary/aromatic N) is 1. The fourth-order valence-electron chi connectivity index (χ4n) is 1.69. The SMILES string of the molecule is Cc1cc(S(=O)(=O)NC(C)CN(C)C)sc1CO. The molecule has 0 aliphatic heterocycles. The quantitative estimate of drug-likeness (QED) is 0.813. The minimum absolute atomic E-state index is 0.126. The van der Waals surface area contributed by atoms with E-state index in [-0.39, 0.29) is 16.9 Å². The van der Waals surface area contributed by atoms with Gasteiger partial charge in [0.25, 0.3) is 0 Å². The van der Waals surface area contributed by atoms with E-state index in [1.807, 2.05) is 25.9 Å². The van der Waals surface area contributed by atoms with Gasteiger partial charge in [-0.1, -0.05) is 0 Å². The summed E-state index contributed by atoms with van der Waals surface area (Å²) in [7, 11) is 0.299. The number of aliphatic hydroxyl groups is 1. The number of likely N-dealkylation sites (N-methyl/N-ethyl adjacent to an activating group) is 1. The topological polar surface area (TPSA) is 69.6 Å². The summed E-state index contributed by atoms with van der Waals surface area (Å²) in [6, 6.07) is 1.44. The Morgan fingerprint density at radius 3 is 2.56 bits per heavy atom. The molecule has 1 rings (SSSR count). The number of hydrogen-bond acceptors (Lipinski definition) is 5. The molecule has 0 aliphatic carbocycles. The highest BCUT2D eigenvalue weighted by Gasteiger charge is 2.21. The maximum atomic E-state index is 12.1. The van der Waals surface area contributed by atoms with Gasteiger partial charge in [-0.15, -0.1) is 11.3 Å². The fraction of sp³-hybridized carbons (Fsp3) is 0.636. The van der Waals surface area contributed by atoms with Crippen LogP contribution in [-0.4, -0.2) is 45.1 Å². The van der Waals surface area contributed by atoms with Crippen molar-refractivity contribution in [1.29, 1.82) is 0 Å². The highest BCUT2D eigenvalue weighted by Crippen LogP contribution is 2.25. The molecule has 0 fully saturated rings. The van der Waals surface area contributed by atoms with E-state index >= 15 is 0 Å². The summed E-state index contributed by atoms with van der Waals surface area (Å²) in [6.07, 6.45) is 0. The number of rotatable bonds is 6. The number of thiophene rings is 1. The zero-order chi connectivity index (χ0) is 13.9. The number of aryl methyl sites for hydroxylation is 1. The predicted molar refractivity (Wildman–Crippen MR) is 73.3 cm³/mol. The second-order valence-electron chi connectivity index (χ2n) is 4.61. The molecule has 0 bridgehead atoms.